The van der Waals surface area contributed by atoms with Crippen LogP contribution in [0.15, 0.2) is 6.20 Å². The lowest BCUT2D eigenvalue weighted by molar-refractivity contribution is 0.730. The molecule has 0 saturated carbocycles. The average Bonchev–Trinajstić information content (AvgIpc) is 3.03. The van der Waals surface area contributed by atoms with Crippen molar-refractivity contribution in [1.29, 1.82) is 0 Å². The Labute approximate surface area is 120 Å². The fourth-order valence-electron chi connectivity index (χ4n) is 2.28. The Bertz CT molecular complexity index is 785. The highest BCUT2D eigenvalue weighted by molar-refractivity contribution is 5.86. The third-order valence-corrected chi connectivity index (χ3v) is 3.53. The van der Waals surface area contributed by atoms with Gasteiger partial charge in [0.15, 0.2) is 5.65 Å². The van der Waals surface area contributed by atoms with Crippen LogP contribution in [-0.4, -0.2) is 29.9 Å². The number of nitrogens with two attached hydrogens (primary N) is 1. The number of nitrogens with one attached hydrogen (secondary N) is 3. The number of H-pyrrole nitrogens is 1. The molecular weight excluding hydrogens is 270 g/mol. The molecule has 3 aromatic heterocycles. The summed E-state index contributed by atoms with van der Waals surface area (Å²) in [6.07, 6.45) is 1.68. The fourth-order valence-corrected chi connectivity index (χ4v) is 2.28. The first-order chi connectivity index (χ1) is 10.1. The average molecular weight is 287 g/mol. The van der Waals surface area contributed by atoms with E-state index < -0.39 is 0 Å². The monoisotopic (exact) mass is 287 g/mol. The van der Waals surface area contributed by atoms with E-state index >= 15 is 0 Å². The smallest absolute Gasteiger partial charge is 0.241 e. The highest BCUT2D eigenvalue weighted by atomic mass is 15.3. The molecule has 5 N–H and O–H groups in total. The van der Waals surface area contributed by atoms with Gasteiger partial charge in [-0.1, -0.05) is 0 Å². The molecule has 110 valence electrons. The molecule has 0 saturated heterocycles. The van der Waals surface area contributed by atoms with Gasteiger partial charge in [-0.25, -0.2) is 5.84 Å². The predicted molar refractivity (Wildman–Crippen MR) is 79.5 cm³/mol. The number of anilines is 2. The number of fused-ring (bicyclic) bond motifs is 1. The standard InChI is InChI=1S/C12H17N9/c1-6-8(7(2)21(3)20-6)4-14-10-9-5-15-19-11(9)17-12(16-10)18-13/h5H,4,13H2,1-3H3,(H3,14,15,16,17,18,19). The Kier molecular flexibility index (Phi) is 3.18. The van der Waals surface area contributed by atoms with E-state index in [0.717, 1.165) is 22.3 Å². The molecule has 21 heavy (non-hydrogen) atoms. The topological polar surface area (TPSA) is 122 Å². The first-order valence-electron chi connectivity index (χ1n) is 6.51. The molecule has 3 aromatic rings. The lowest BCUT2D eigenvalue weighted by Crippen LogP contribution is -2.12. The van der Waals surface area contributed by atoms with Crippen molar-refractivity contribution in [3.63, 3.8) is 0 Å². The van der Waals surface area contributed by atoms with Crippen LogP contribution in [0, 0.1) is 13.8 Å². The van der Waals surface area contributed by atoms with Crippen LogP contribution in [0.4, 0.5) is 11.8 Å². The third-order valence-electron chi connectivity index (χ3n) is 3.53. The summed E-state index contributed by atoms with van der Waals surface area (Å²) in [5.41, 5.74) is 6.34. The van der Waals surface area contributed by atoms with Gasteiger partial charge in [-0.15, -0.1) is 0 Å². The van der Waals surface area contributed by atoms with Crippen LogP contribution in [0.25, 0.3) is 11.0 Å². The fraction of sp³-hybridized carbons (Fsp3) is 0.333. The van der Waals surface area contributed by atoms with Crippen molar-refractivity contribution in [3.8, 4) is 0 Å². The number of nitrogen functional groups attached to an aromatic ring is 1. The summed E-state index contributed by atoms with van der Waals surface area (Å²) >= 11 is 0. The molecular formula is C12H17N9. The number of hydrazine groups is 1. The van der Waals surface area contributed by atoms with Crippen molar-refractivity contribution < 1.29 is 0 Å². The Morgan fingerprint density at radius 2 is 2.14 bits per heavy atom. The number of aryl methyl sites for hydroxylation is 2. The van der Waals surface area contributed by atoms with Gasteiger partial charge >= 0.3 is 0 Å². The summed E-state index contributed by atoms with van der Waals surface area (Å²) in [6.45, 7) is 4.65. The number of hydrogen-bond acceptors (Lipinski definition) is 7. The maximum absolute atomic E-state index is 5.39. The highest BCUT2D eigenvalue weighted by Crippen LogP contribution is 2.21. The Morgan fingerprint density at radius 1 is 1.33 bits per heavy atom. The highest BCUT2D eigenvalue weighted by Gasteiger charge is 2.12. The van der Waals surface area contributed by atoms with Gasteiger partial charge in [-0.3, -0.25) is 15.2 Å². The Balaban J connectivity index is 1.92. The third kappa shape index (κ3) is 2.27. The molecule has 0 unspecified atom stereocenters. The number of rotatable bonds is 4. The molecule has 9 nitrogen and oxygen atoms in total. The number of aromatic amines is 1. The van der Waals surface area contributed by atoms with E-state index in [1.165, 1.54) is 0 Å². The molecule has 0 radical (unpaired) electrons. The van der Waals surface area contributed by atoms with E-state index in [9.17, 15) is 0 Å². The summed E-state index contributed by atoms with van der Waals surface area (Å²) in [4.78, 5) is 8.51. The van der Waals surface area contributed by atoms with Crippen molar-refractivity contribution in [2.45, 2.75) is 20.4 Å². The van der Waals surface area contributed by atoms with Gasteiger partial charge in [-0.2, -0.15) is 20.2 Å². The summed E-state index contributed by atoms with van der Waals surface area (Å²) in [5, 5.41) is 15.3. The largest absolute Gasteiger partial charge is 0.365 e. The van der Waals surface area contributed by atoms with Crippen molar-refractivity contribution in [2.24, 2.45) is 12.9 Å². The zero-order valence-electron chi connectivity index (χ0n) is 12.1. The van der Waals surface area contributed by atoms with Crippen LogP contribution in [-0.2, 0) is 13.6 Å². The molecule has 0 amide bonds. The van der Waals surface area contributed by atoms with E-state index in [2.05, 4.69) is 36.0 Å². The lowest BCUT2D eigenvalue weighted by atomic mass is 10.2. The Morgan fingerprint density at radius 3 is 2.81 bits per heavy atom. The minimum Gasteiger partial charge on any atom is -0.365 e. The maximum Gasteiger partial charge on any atom is 0.241 e. The molecule has 0 aliphatic rings. The van der Waals surface area contributed by atoms with Gasteiger partial charge in [0.05, 0.1) is 17.3 Å². The van der Waals surface area contributed by atoms with Gasteiger partial charge in [0.1, 0.15) is 5.82 Å². The van der Waals surface area contributed by atoms with Crippen LogP contribution < -0.4 is 16.6 Å². The second-order valence-corrected chi connectivity index (χ2v) is 4.80. The molecule has 3 rings (SSSR count). The summed E-state index contributed by atoms with van der Waals surface area (Å²) in [5.74, 6) is 6.39. The molecule has 0 spiro atoms. The van der Waals surface area contributed by atoms with Crippen LogP contribution in [0.1, 0.15) is 17.0 Å². The van der Waals surface area contributed by atoms with Gasteiger partial charge < -0.3 is 5.32 Å². The van der Waals surface area contributed by atoms with Gasteiger partial charge in [0.25, 0.3) is 0 Å². The zero-order chi connectivity index (χ0) is 15.0. The molecule has 0 bridgehead atoms. The van der Waals surface area contributed by atoms with E-state index in [0.29, 0.717) is 24.0 Å². The first kappa shape index (κ1) is 13.3. The minimum atomic E-state index is 0.328. The summed E-state index contributed by atoms with van der Waals surface area (Å²) < 4.78 is 1.87. The van der Waals surface area contributed by atoms with Crippen molar-refractivity contribution >= 4 is 22.8 Å². The number of aromatic nitrogens is 6. The van der Waals surface area contributed by atoms with Gasteiger partial charge in [-0.05, 0) is 13.8 Å². The second kappa shape index (κ2) is 5.02. The maximum atomic E-state index is 5.39. The molecule has 0 aliphatic carbocycles. The van der Waals surface area contributed by atoms with Crippen LogP contribution in [0.5, 0.6) is 0 Å². The van der Waals surface area contributed by atoms with Crippen molar-refractivity contribution in [3.05, 3.63) is 23.1 Å². The number of hydrogen-bond donors (Lipinski definition) is 4. The first-order valence-corrected chi connectivity index (χ1v) is 6.51. The second-order valence-electron chi connectivity index (χ2n) is 4.80. The normalized spacial score (nSPS) is 11.0. The summed E-state index contributed by atoms with van der Waals surface area (Å²) in [6, 6.07) is 0. The predicted octanol–water partition coefficient (Wildman–Crippen LogP) is 0.601. The molecule has 0 fully saturated rings. The van der Waals surface area contributed by atoms with E-state index in [1.807, 2.05) is 25.6 Å². The number of nitrogens with zero attached hydrogens (tertiary/aromatic N) is 5. The van der Waals surface area contributed by atoms with Gasteiger partial charge in [0.2, 0.25) is 5.95 Å². The van der Waals surface area contributed by atoms with Gasteiger partial charge in [0, 0.05) is 24.8 Å². The molecule has 3 heterocycles. The Hall–Kier alpha value is -2.68. The molecule has 0 atom stereocenters. The van der Waals surface area contributed by atoms with E-state index in [-0.39, 0.29) is 0 Å². The van der Waals surface area contributed by atoms with Crippen molar-refractivity contribution in [2.75, 3.05) is 10.7 Å². The van der Waals surface area contributed by atoms with E-state index in [4.69, 9.17) is 5.84 Å². The molecule has 9 heteroatoms. The SMILES string of the molecule is Cc1nn(C)c(C)c1CNc1nc(NN)nc2[nH]ncc12. The zero-order valence-corrected chi connectivity index (χ0v) is 12.1. The van der Waals surface area contributed by atoms with Crippen LogP contribution in [0.3, 0.4) is 0 Å². The molecule has 0 aromatic carbocycles. The quantitative estimate of drug-likeness (QED) is 0.409. The minimum absolute atomic E-state index is 0.328. The molecule has 0 aliphatic heterocycles. The van der Waals surface area contributed by atoms with E-state index in [1.54, 1.807) is 6.20 Å². The van der Waals surface area contributed by atoms with Crippen LogP contribution in [0.2, 0.25) is 0 Å². The van der Waals surface area contributed by atoms with Crippen LogP contribution >= 0.6 is 0 Å². The van der Waals surface area contributed by atoms with Crippen molar-refractivity contribution in [1.82, 2.24) is 29.9 Å². The lowest BCUT2D eigenvalue weighted by Gasteiger charge is -2.08. The summed E-state index contributed by atoms with van der Waals surface area (Å²) in [7, 11) is 1.93.